The highest BCUT2D eigenvalue weighted by atomic mass is 35.5. The lowest BCUT2D eigenvalue weighted by Gasteiger charge is -2.45. The molecular formula is C13H20ClN3. The monoisotopic (exact) mass is 253 g/mol. The Kier molecular flexibility index (Phi) is 3.59. The molecule has 1 saturated heterocycles. The predicted molar refractivity (Wildman–Crippen MR) is 72.7 cm³/mol. The third-order valence-corrected chi connectivity index (χ3v) is 3.91. The molecule has 0 aliphatic carbocycles. The van der Waals surface area contributed by atoms with Crippen LogP contribution in [0.5, 0.6) is 0 Å². The zero-order chi connectivity index (χ0) is 12.5. The molecule has 94 valence electrons. The standard InChI is InChI=1S/C13H20ClN3/c1-13(2)10-17(7-6-16(13)3)12-8-11(9-14)4-5-15-12/h4-5,8H,6-7,9-10H2,1-3H3. The molecule has 3 nitrogen and oxygen atoms in total. The van der Waals surface area contributed by atoms with Crippen LogP contribution in [0.25, 0.3) is 0 Å². The van der Waals surface area contributed by atoms with Gasteiger partial charge in [0.25, 0.3) is 0 Å². The molecule has 17 heavy (non-hydrogen) atoms. The van der Waals surface area contributed by atoms with Gasteiger partial charge in [0.2, 0.25) is 0 Å². The average molecular weight is 254 g/mol. The molecule has 0 amide bonds. The Bertz CT molecular complexity index is 392. The van der Waals surface area contributed by atoms with E-state index < -0.39 is 0 Å². The summed E-state index contributed by atoms with van der Waals surface area (Å²) in [5.41, 5.74) is 1.32. The molecule has 2 rings (SSSR count). The molecule has 1 aromatic heterocycles. The van der Waals surface area contributed by atoms with Crippen LogP contribution in [0.1, 0.15) is 19.4 Å². The van der Waals surface area contributed by atoms with E-state index >= 15 is 0 Å². The smallest absolute Gasteiger partial charge is 0.128 e. The Morgan fingerprint density at radius 2 is 2.18 bits per heavy atom. The third kappa shape index (κ3) is 2.72. The molecule has 1 fully saturated rings. The van der Waals surface area contributed by atoms with Gasteiger partial charge in [-0.2, -0.15) is 0 Å². The molecule has 2 heterocycles. The minimum Gasteiger partial charge on any atom is -0.353 e. The summed E-state index contributed by atoms with van der Waals surface area (Å²) in [4.78, 5) is 9.19. The Morgan fingerprint density at radius 1 is 1.41 bits per heavy atom. The highest BCUT2D eigenvalue weighted by molar-refractivity contribution is 6.17. The van der Waals surface area contributed by atoms with Gasteiger partial charge < -0.3 is 4.90 Å². The van der Waals surface area contributed by atoms with Gasteiger partial charge in [-0.3, -0.25) is 4.90 Å². The van der Waals surface area contributed by atoms with Gasteiger partial charge in [-0.05, 0) is 38.6 Å². The van der Waals surface area contributed by atoms with E-state index in [2.05, 4.69) is 41.7 Å². The second kappa shape index (κ2) is 4.83. The summed E-state index contributed by atoms with van der Waals surface area (Å²) < 4.78 is 0. The molecule has 0 N–H and O–H groups in total. The number of anilines is 1. The van der Waals surface area contributed by atoms with Crippen LogP contribution < -0.4 is 4.90 Å². The van der Waals surface area contributed by atoms with E-state index in [0.717, 1.165) is 31.0 Å². The van der Waals surface area contributed by atoms with Crippen molar-refractivity contribution in [1.29, 1.82) is 0 Å². The highest BCUT2D eigenvalue weighted by Gasteiger charge is 2.31. The number of nitrogens with zero attached hydrogens (tertiary/aromatic N) is 3. The van der Waals surface area contributed by atoms with Crippen molar-refractivity contribution < 1.29 is 0 Å². The zero-order valence-corrected chi connectivity index (χ0v) is 11.5. The zero-order valence-electron chi connectivity index (χ0n) is 10.8. The van der Waals surface area contributed by atoms with Gasteiger partial charge in [-0.1, -0.05) is 0 Å². The molecular weight excluding hydrogens is 234 g/mol. The van der Waals surface area contributed by atoms with Gasteiger partial charge in [0.05, 0.1) is 0 Å². The van der Waals surface area contributed by atoms with Crippen LogP contribution in [0, 0.1) is 0 Å². The van der Waals surface area contributed by atoms with E-state index in [0.29, 0.717) is 5.88 Å². The Morgan fingerprint density at radius 3 is 2.82 bits per heavy atom. The van der Waals surface area contributed by atoms with Gasteiger partial charge >= 0.3 is 0 Å². The molecule has 1 aromatic rings. The molecule has 0 saturated carbocycles. The number of halogens is 1. The molecule has 0 aromatic carbocycles. The van der Waals surface area contributed by atoms with Crippen LogP contribution in [0.3, 0.4) is 0 Å². The van der Waals surface area contributed by atoms with Crippen molar-refractivity contribution in [1.82, 2.24) is 9.88 Å². The first-order valence-electron chi connectivity index (χ1n) is 6.00. The van der Waals surface area contributed by atoms with Crippen LogP contribution in [-0.4, -0.2) is 42.1 Å². The SMILES string of the molecule is CN1CCN(c2cc(CCl)ccn2)CC1(C)C. The number of hydrogen-bond donors (Lipinski definition) is 0. The fourth-order valence-corrected chi connectivity index (χ4v) is 2.32. The topological polar surface area (TPSA) is 19.4 Å². The molecule has 0 unspecified atom stereocenters. The van der Waals surface area contributed by atoms with Crippen molar-refractivity contribution in [2.75, 3.05) is 31.6 Å². The number of aromatic nitrogens is 1. The largest absolute Gasteiger partial charge is 0.353 e. The van der Waals surface area contributed by atoms with Crippen molar-refractivity contribution in [3.63, 3.8) is 0 Å². The fraction of sp³-hybridized carbons (Fsp3) is 0.615. The molecule has 0 bridgehead atoms. The molecule has 4 heteroatoms. The average Bonchev–Trinajstić information content (AvgIpc) is 2.32. The summed E-state index contributed by atoms with van der Waals surface area (Å²) in [6.45, 7) is 7.63. The number of pyridine rings is 1. The Balaban J connectivity index is 2.17. The van der Waals surface area contributed by atoms with Crippen molar-refractivity contribution in [3.05, 3.63) is 23.9 Å². The van der Waals surface area contributed by atoms with E-state index in [-0.39, 0.29) is 5.54 Å². The second-order valence-electron chi connectivity index (χ2n) is 5.31. The van der Waals surface area contributed by atoms with Crippen molar-refractivity contribution in [2.45, 2.75) is 25.3 Å². The van der Waals surface area contributed by atoms with Crippen molar-refractivity contribution in [2.24, 2.45) is 0 Å². The lowest BCUT2D eigenvalue weighted by atomic mass is 10.00. The number of piperazine rings is 1. The molecule has 1 aliphatic heterocycles. The van der Waals surface area contributed by atoms with E-state index in [9.17, 15) is 0 Å². The summed E-state index contributed by atoms with van der Waals surface area (Å²) in [5.74, 6) is 1.59. The van der Waals surface area contributed by atoms with Crippen molar-refractivity contribution >= 4 is 17.4 Å². The third-order valence-electron chi connectivity index (χ3n) is 3.60. The van der Waals surface area contributed by atoms with E-state index in [1.54, 1.807) is 0 Å². The maximum Gasteiger partial charge on any atom is 0.128 e. The predicted octanol–water partition coefficient (Wildman–Crippen LogP) is 2.35. The molecule has 0 spiro atoms. The molecule has 0 radical (unpaired) electrons. The van der Waals surface area contributed by atoms with E-state index in [4.69, 9.17) is 11.6 Å². The lowest BCUT2D eigenvalue weighted by Crippen LogP contribution is -2.57. The van der Waals surface area contributed by atoms with Crippen LogP contribution >= 0.6 is 11.6 Å². The van der Waals surface area contributed by atoms with Crippen LogP contribution in [0.15, 0.2) is 18.3 Å². The van der Waals surface area contributed by atoms with Crippen LogP contribution in [0.2, 0.25) is 0 Å². The van der Waals surface area contributed by atoms with Crippen molar-refractivity contribution in [3.8, 4) is 0 Å². The first kappa shape index (κ1) is 12.7. The van der Waals surface area contributed by atoms with Crippen LogP contribution in [-0.2, 0) is 5.88 Å². The second-order valence-corrected chi connectivity index (χ2v) is 5.58. The summed E-state index contributed by atoms with van der Waals surface area (Å²) in [7, 11) is 2.18. The van der Waals surface area contributed by atoms with Gasteiger partial charge in [0, 0.05) is 37.3 Å². The number of hydrogen-bond acceptors (Lipinski definition) is 3. The summed E-state index contributed by atoms with van der Waals surface area (Å²) in [6.07, 6.45) is 1.85. The highest BCUT2D eigenvalue weighted by Crippen LogP contribution is 2.23. The van der Waals surface area contributed by atoms with E-state index in [1.807, 2.05) is 12.3 Å². The maximum atomic E-state index is 5.86. The fourth-order valence-electron chi connectivity index (χ4n) is 2.15. The van der Waals surface area contributed by atoms with Gasteiger partial charge in [-0.25, -0.2) is 4.98 Å². The Labute approximate surface area is 108 Å². The summed E-state index contributed by atoms with van der Waals surface area (Å²) >= 11 is 5.86. The van der Waals surface area contributed by atoms with Crippen LogP contribution in [0.4, 0.5) is 5.82 Å². The molecule has 1 aliphatic rings. The minimum absolute atomic E-state index is 0.191. The van der Waals surface area contributed by atoms with Gasteiger partial charge in [0.1, 0.15) is 5.82 Å². The van der Waals surface area contributed by atoms with E-state index in [1.165, 1.54) is 0 Å². The van der Waals surface area contributed by atoms with Gasteiger partial charge in [-0.15, -0.1) is 11.6 Å². The molecule has 0 atom stereocenters. The number of alkyl halides is 1. The van der Waals surface area contributed by atoms with Gasteiger partial charge in [0.15, 0.2) is 0 Å². The summed E-state index contributed by atoms with van der Waals surface area (Å²) in [5, 5.41) is 0. The maximum absolute atomic E-state index is 5.86. The lowest BCUT2D eigenvalue weighted by molar-refractivity contribution is 0.138. The quantitative estimate of drug-likeness (QED) is 0.755. The minimum atomic E-state index is 0.191. The first-order valence-corrected chi connectivity index (χ1v) is 6.53. The number of likely N-dealkylation sites (N-methyl/N-ethyl adjacent to an activating group) is 1. The first-order chi connectivity index (χ1) is 8.03. The number of rotatable bonds is 2. The normalized spacial score (nSPS) is 20.6. The summed E-state index contributed by atoms with van der Waals surface area (Å²) in [6, 6.07) is 4.06. The Hall–Kier alpha value is -0.800.